The number of hydrogen-bond donors (Lipinski definition) is 2. The Morgan fingerprint density at radius 1 is 1.44 bits per heavy atom. The molecule has 0 radical (unpaired) electrons. The lowest BCUT2D eigenvalue weighted by atomic mass is 9.97. The lowest BCUT2D eigenvalue weighted by Crippen LogP contribution is -2.48. The summed E-state index contributed by atoms with van der Waals surface area (Å²) in [6.07, 6.45) is 0.965. The molecule has 4 heteroatoms. The second-order valence-electron chi connectivity index (χ2n) is 5.13. The summed E-state index contributed by atoms with van der Waals surface area (Å²) >= 11 is 0. The Morgan fingerprint density at radius 2 is 2.22 bits per heavy atom. The molecular formula is C14H19FN2O. The highest BCUT2D eigenvalue weighted by atomic mass is 19.1. The molecule has 0 aromatic heterocycles. The van der Waals surface area contributed by atoms with Crippen molar-refractivity contribution in [2.75, 3.05) is 13.1 Å². The first kappa shape index (κ1) is 13.0. The molecule has 1 aliphatic rings. The van der Waals surface area contributed by atoms with Crippen molar-refractivity contribution in [2.24, 2.45) is 5.92 Å². The van der Waals surface area contributed by atoms with Crippen LogP contribution >= 0.6 is 0 Å². The SMILES string of the molecule is Cc1ccc(C(=O)NC2CNCC(C)C2)cc1F. The van der Waals surface area contributed by atoms with Crippen LogP contribution in [0.5, 0.6) is 0 Å². The number of halogens is 1. The summed E-state index contributed by atoms with van der Waals surface area (Å²) in [7, 11) is 0. The Bertz CT molecular complexity index is 447. The molecule has 0 bridgehead atoms. The van der Waals surface area contributed by atoms with Crippen molar-refractivity contribution in [1.82, 2.24) is 10.6 Å². The maximum absolute atomic E-state index is 13.4. The van der Waals surface area contributed by atoms with Gasteiger partial charge in [-0.25, -0.2) is 4.39 Å². The normalized spacial score (nSPS) is 23.7. The molecule has 1 saturated heterocycles. The number of benzene rings is 1. The summed E-state index contributed by atoms with van der Waals surface area (Å²) in [6.45, 7) is 5.61. The fraction of sp³-hybridized carbons (Fsp3) is 0.500. The molecule has 2 atom stereocenters. The molecule has 2 unspecified atom stereocenters. The third kappa shape index (κ3) is 3.07. The van der Waals surface area contributed by atoms with E-state index in [0.717, 1.165) is 19.5 Å². The van der Waals surface area contributed by atoms with E-state index in [0.29, 0.717) is 17.0 Å². The van der Waals surface area contributed by atoms with E-state index in [1.54, 1.807) is 19.1 Å². The summed E-state index contributed by atoms with van der Waals surface area (Å²) in [5.74, 6) is 0.0198. The van der Waals surface area contributed by atoms with Gasteiger partial charge in [-0.05, 0) is 43.5 Å². The number of rotatable bonds is 2. The predicted octanol–water partition coefficient (Wildman–Crippen LogP) is 1.86. The second-order valence-corrected chi connectivity index (χ2v) is 5.13. The molecule has 0 saturated carbocycles. The van der Waals surface area contributed by atoms with Crippen molar-refractivity contribution in [3.05, 3.63) is 35.1 Å². The summed E-state index contributed by atoms with van der Waals surface area (Å²) < 4.78 is 13.4. The Kier molecular flexibility index (Phi) is 3.97. The van der Waals surface area contributed by atoms with Crippen LogP contribution in [0.25, 0.3) is 0 Å². The van der Waals surface area contributed by atoms with Crippen LogP contribution < -0.4 is 10.6 Å². The lowest BCUT2D eigenvalue weighted by Gasteiger charge is -2.28. The molecule has 98 valence electrons. The molecule has 3 nitrogen and oxygen atoms in total. The van der Waals surface area contributed by atoms with E-state index >= 15 is 0 Å². The molecule has 1 aromatic rings. The monoisotopic (exact) mass is 250 g/mol. The smallest absolute Gasteiger partial charge is 0.251 e. The van der Waals surface area contributed by atoms with Crippen LogP contribution in [0.4, 0.5) is 4.39 Å². The zero-order valence-corrected chi connectivity index (χ0v) is 10.8. The first-order valence-corrected chi connectivity index (χ1v) is 6.34. The molecule has 1 aromatic carbocycles. The molecule has 1 aliphatic heterocycles. The zero-order chi connectivity index (χ0) is 13.1. The molecule has 18 heavy (non-hydrogen) atoms. The van der Waals surface area contributed by atoms with Crippen molar-refractivity contribution in [2.45, 2.75) is 26.3 Å². The van der Waals surface area contributed by atoms with Gasteiger partial charge in [-0.2, -0.15) is 0 Å². The highest BCUT2D eigenvalue weighted by Crippen LogP contribution is 2.12. The number of carbonyl (C=O) groups is 1. The van der Waals surface area contributed by atoms with Gasteiger partial charge in [0, 0.05) is 18.2 Å². The average Bonchev–Trinajstić information content (AvgIpc) is 2.32. The molecule has 0 aliphatic carbocycles. The van der Waals surface area contributed by atoms with Crippen LogP contribution in [-0.4, -0.2) is 25.0 Å². The average molecular weight is 250 g/mol. The van der Waals surface area contributed by atoms with Crippen LogP contribution in [0.1, 0.15) is 29.3 Å². The first-order chi connectivity index (χ1) is 8.56. The lowest BCUT2D eigenvalue weighted by molar-refractivity contribution is 0.0925. The summed E-state index contributed by atoms with van der Waals surface area (Å²) in [4.78, 5) is 12.0. The molecular weight excluding hydrogens is 231 g/mol. The maximum Gasteiger partial charge on any atom is 0.251 e. The predicted molar refractivity (Wildman–Crippen MR) is 69.0 cm³/mol. The van der Waals surface area contributed by atoms with Gasteiger partial charge in [0.1, 0.15) is 5.82 Å². The number of piperidine rings is 1. The Hall–Kier alpha value is -1.42. The van der Waals surface area contributed by atoms with Crippen LogP contribution in [0.15, 0.2) is 18.2 Å². The van der Waals surface area contributed by atoms with Gasteiger partial charge in [0.15, 0.2) is 0 Å². The Morgan fingerprint density at radius 3 is 2.89 bits per heavy atom. The van der Waals surface area contributed by atoms with E-state index in [9.17, 15) is 9.18 Å². The largest absolute Gasteiger partial charge is 0.348 e. The number of carbonyl (C=O) groups excluding carboxylic acids is 1. The Balaban J connectivity index is 2.00. The van der Waals surface area contributed by atoms with E-state index < -0.39 is 0 Å². The highest BCUT2D eigenvalue weighted by Gasteiger charge is 2.20. The summed E-state index contributed by atoms with van der Waals surface area (Å²) in [6, 6.07) is 4.72. The minimum absolute atomic E-state index is 0.130. The van der Waals surface area contributed by atoms with Crippen LogP contribution in [-0.2, 0) is 0 Å². The van der Waals surface area contributed by atoms with Gasteiger partial charge in [-0.1, -0.05) is 13.0 Å². The van der Waals surface area contributed by atoms with E-state index in [-0.39, 0.29) is 17.8 Å². The van der Waals surface area contributed by atoms with Gasteiger partial charge in [0.2, 0.25) is 0 Å². The summed E-state index contributed by atoms with van der Waals surface area (Å²) in [5, 5.41) is 6.22. The van der Waals surface area contributed by atoms with Gasteiger partial charge in [0.25, 0.3) is 5.91 Å². The molecule has 1 fully saturated rings. The Labute approximate surface area is 107 Å². The molecule has 1 heterocycles. The quantitative estimate of drug-likeness (QED) is 0.841. The third-order valence-corrected chi connectivity index (χ3v) is 3.34. The van der Waals surface area contributed by atoms with Crippen molar-refractivity contribution in [3.63, 3.8) is 0 Å². The van der Waals surface area contributed by atoms with Gasteiger partial charge >= 0.3 is 0 Å². The van der Waals surface area contributed by atoms with Crippen molar-refractivity contribution < 1.29 is 9.18 Å². The van der Waals surface area contributed by atoms with Gasteiger partial charge in [0.05, 0.1) is 0 Å². The van der Waals surface area contributed by atoms with E-state index in [1.165, 1.54) is 6.07 Å². The fourth-order valence-corrected chi connectivity index (χ4v) is 2.27. The van der Waals surface area contributed by atoms with Crippen LogP contribution in [0, 0.1) is 18.7 Å². The van der Waals surface area contributed by atoms with Crippen molar-refractivity contribution >= 4 is 5.91 Å². The van der Waals surface area contributed by atoms with Gasteiger partial charge in [-0.15, -0.1) is 0 Å². The van der Waals surface area contributed by atoms with E-state index in [2.05, 4.69) is 17.6 Å². The van der Waals surface area contributed by atoms with Gasteiger partial charge < -0.3 is 10.6 Å². The summed E-state index contributed by atoms with van der Waals surface area (Å²) in [5.41, 5.74) is 0.941. The fourth-order valence-electron chi connectivity index (χ4n) is 2.27. The van der Waals surface area contributed by atoms with Crippen molar-refractivity contribution in [1.29, 1.82) is 0 Å². The zero-order valence-electron chi connectivity index (χ0n) is 10.8. The number of amides is 1. The van der Waals surface area contributed by atoms with Crippen LogP contribution in [0.2, 0.25) is 0 Å². The minimum atomic E-state index is -0.335. The number of hydrogen-bond acceptors (Lipinski definition) is 2. The molecule has 2 N–H and O–H groups in total. The van der Waals surface area contributed by atoms with Gasteiger partial charge in [-0.3, -0.25) is 4.79 Å². The standard InChI is InChI=1S/C14H19FN2O/c1-9-5-12(8-16-7-9)17-14(18)11-4-3-10(2)13(15)6-11/h3-4,6,9,12,16H,5,7-8H2,1-2H3,(H,17,18). The molecule has 0 spiro atoms. The van der Waals surface area contributed by atoms with Crippen molar-refractivity contribution in [3.8, 4) is 0 Å². The van der Waals surface area contributed by atoms with E-state index in [1.807, 2.05) is 0 Å². The second kappa shape index (κ2) is 5.48. The first-order valence-electron chi connectivity index (χ1n) is 6.34. The molecule has 2 rings (SSSR count). The highest BCUT2D eigenvalue weighted by molar-refractivity contribution is 5.94. The number of nitrogens with one attached hydrogen (secondary N) is 2. The maximum atomic E-state index is 13.4. The van der Waals surface area contributed by atoms with E-state index in [4.69, 9.17) is 0 Å². The third-order valence-electron chi connectivity index (χ3n) is 3.34. The molecule has 1 amide bonds. The van der Waals surface area contributed by atoms with Crippen LogP contribution in [0.3, 0.4) is 0 Å². The topological polar surface area (TPSA) is 41.1 Å². The number of aryl methyl sites for hydroxylation is 1. The minimum Gasteiger partial charge on any atom is -0.348 e.